The molecule has 1 aromatic carbocycles. The molecule has 0 bridgehead atoms. The molecular weight excluding hydrogens is 157 g/mol. The molecule has 1 atom stereocenters. The lowest BCUT2D eigenvalue weighted by Crippen LogP contribution is -2.24. The largest absolute Gasteiger partial charge is 0.375 e. The molecular formula is C9H10FNO. The van der Waals surface area contributed by atoms with Crippen LogP contribution in [0.3, 0.4) is 0 Å². The lowest BCUT2D eigenvalue weighted by Gasteiger charge is -2.22. The molecule has 3 heteroatoms. The van der Waals surface area contributed by atoms with Crippen molar-refractivity contribution in [2.24, 2.45) is 5.73 Å². The second-order valence-electron chi connectivity index (χ2n) is 2.93. The van der Waals surface area contributed by atoms with Crippen LogP contribution in [0, 0.1) is 5.82 Å². The first kappa shape index (κ1) is 7.71. The molecule has 1 aliphatic heterocycles. The van der Waals surface area contributed by atoms with E-state index in [-0.39, 0.29) is 11.9 Å². The summed E-state index contributed by atoms with van der Waals surface area (Å²) in [5.74, 6) is -0.219. The highest BCUT2D eigenvalue weighted by atomic mass is 19.1. The molecule has 64 valence electrons. The van der Waals surface area contributed by atoms with Gasteiger partial charge >= 0.3 is 0 Å². The van der Waals surface area contributed by atoms with Crippen molar-refractivity contribution in [2.75, 3.05) is 6.61 Å². The molecule has 0 unspecified atom stereocenters. The summed E-state index contributed by atoms with van der Waals surface area (Å²) >= 11 is 0. The summed E-state index contributed by atoms with van der Waals surface area (Å²) in [4.78, 5) is 0. The molecule has 0 saturated carbocycles. The Labute approximate surface area is 70.1 Å². The molecule has 2 nitrogen and oxygen atoms in total. The topological polar surface area (TPSA) is 35.2 Å². The first-order valence-electron chi connectivity index (χ1n) is 3.89. The van der Waals surface area contributed by atoms with E-state index in [1.165, 1.54) is 6.07 Å². The molecule has 0 saturated heterocycles. The zero-order valence-corrected chi connectivity index (χ0v) is 6.59. The van der Waals surface area contributed by atoms with E-state index < -0.39 is 0 Å². The van der Waals surface area contributed by atoms with Crippen LogP contribution >= 0.6 is 0 Å². The van der Waals surface area contributed by atoms with Crippen LogP contribution in [0.5, 0.6) is 0 Å². The Morgan fingerprint density at radius 2 is 2.33 bits per heavy atom. The number of fused-ring (bicyclic) bond motifs is 1. The summed E-state index contributed by atoms with van der Waals surface area (Å²) in [6, 6.07) is 4.65. The van der Waals surface area contributed by atoms with Crippen molar-refractivity contribution in [3.63, 3.8) is 0 Å². The number of nitrogens with two attached hydrogens (primary N) is 1. The van der Waals surface area contributed by atoms with Gasteiger partial charge < -0.3 is 10.5 Å². The predicted octanol–water partition coefficient (Wildman–Crippen LogP) is 1.36. The van der Waals surface area contributed by atoms with E-state index in [4.69, 9.17) is 10.5 Å². The smallest absolute Gasteiger partial charge is 0.128 e. The van der Waals surface area contributed by atoms with Gasteiger partial charge in [-0.05, 0) is 11.6 Å². The van der Waals surface area contributed by atoms with E-state index in [0.29, 0.717) is 18.8 Å². The fourth-order valence-electron chi connectivity index (χ4n) is 1.50. The molecule has 1 aliphatic rings. The molecule has 1 aromatic rings. The average molecular weight is 167 g/mol. The van der Waals surface area contributed by atoms with Crippen LogP contribution in [-0.2, 0) is 11.3 Å². The van der Waals surface area contributed by atoms with Crippen LogP contribution < -0.4 is 5.73 Å². The number of benzene rings is 1. The maximum Gasteiger partial charge on any atom is 0.128 e. The third-order valence-electron chi connectivity index (χ3n) is 2.07. The van der Waals surface area contributed by atoms with E-state index >= 15 is 0 Å². The molecule has 0 radical (unpaired) electrons. The van der Waals surface area contributed by atoms with E-state index in [0.717, 1.165) is 5.56 Å². The Hall–Kier alpha value is -0.930. The van der Waals surface area contributed by atoms with Crippen molar-refractivity contribution in [3.05, 3.63) is 35.1 Å². The molecule has 0 aliphatic carbocycles. The maximum absolute atomic E-state index is 13.2. The number of ether oxygens (including phenoxy) is 1. The van der Waals surface area contributed by atoms with Gasteiger partial charge in [0, 0.05) is 5.56 Å². The first-order chi connectivity index (χ1) is 5.79. The summed E-state index contributed by atoms with van der Waals surface area (Å²) in [7, 11) is 0. The maximum atomic E-state index is 13.2. The van der Waals surface area contributed by atoms with E-state index in [1.54, 1.807) is 6.07 Å². The highest BCUT2D eigenvalue weighted by Crippen LogP contribution is 2.25. The van der Waals surface area contributed by atoms with Crippen molar-refractivity contribution >= 4 is 0 Å². The molecule has 0 spiro atoms. The van der Waals surface area contributed by atoms with Crippen LogP contribution in [0.25, 0.3) is 0 Å². The molecule has 0 fully saturated rings. The van der Waals surface area contributed by atoms with Crippen LogP contribution in [0.15, 0.2) is 18.2 Å². The Kier molecular flexibility index (Phi) is 1.83. The summed E-state index contributed by atoms with van der Waals surface area (Å²) < 4.78 is 18.4. The third kappa shape index (κ3) is 1.11. The molecule has 2 rings (SSSR count). The van der Waals surface area contributed by atoms with E-state index in [2.05, 4.69) is 0 Å². The molecule has 1 heterocycles. The van der Waals surface area contributed by atoms with Crippen molar-refractivity contribution in [1.29, 1.82) is 0 Å². The van der Waals surface area contributed by atoms with Gasteiger partial charge in [0.1, 0.15) is 5.82 Å². The van der Waals surface area contributed by atoms with Crippen molar-refractivity contribution in [1.82, 2.24) is 0 Å². The number of hydrogen-bond donors (Lipinski definition) is 1. The summed E-state index contributed by atoms with van der Waals surface area (Å²) in [6.07, 6.45) is 0. The molecule has 12 heavy (non-hydrogen) atoms. The van der Waals surface area contributed by atoms with Gasteiger partial charge in [-0.1, -0.05) is 12.1 Å². The standard InChI is InChI=1S/C9H10FNO/c10-7-3-1-2-6-4-12-5-8(11)9(6)7/h1-3,8H,4-5,11H2/t8-/m0/s1. The Bertz CT molecular complexity index is 301. The quantitative estimate of drug-likeness (QED) is 0.633. The lowest BCUT2D eigenvalue weighted by molar-refractivity contribution is 0.0907. The van der Waals surface area contributed by atoms with Crippen LogP contribution in [-0.4, -0.2) is 6.61 Å². The minimum absolute atomic E-state index is 0.219. The van der Waals surface area contributed by atoms with E-state index in [9.17, 15) is 4.39 Å². The normalized spacial score (nSPS) is 22.0. The summed E-state index contributed by atoms with van der Waals surface area (Å²) in [5, 5.41) is 0. The van der Waals surface area contributed by atoms with Crippen molar-refractivity contribution < 1.29 is 9.13 Å². The monoisotopic (exact) mass is 167 g/mol. The molecule has 0 aromatic heterocycles. The molecule has 2 N–H and O–H groups in total. The SMILES string of the molecule is N[C@H]1COCc2cccc(F)c21. The summed E-state index contributed by atoms with van der Waals surface area (Å²) in [5.41, 5.74) is 7.17. The van der Waals surface area contributed by atoms with Gasteiger partial charge in [-0.2, -0.15) is 0 Å². The minimum atomic E-state index is -0.310. The number of hydrogen-bond acceptors (Lipinski definition) is 2. The zero-order valence-electron chi connectivity index (χ0n) is 6.59. The fraction of sp³-hybridized carbons (Fsp3) is 0.333. The lowest BCUT2D eigenvalue weighted by atomic mass is 9.99. The highest BCUT2D eigenvalue weighted by Gasteiger charge is 2.20. The highest BCUT2D eigenvalue weighted by molar-refractivity contribution is 5.32. The average Bonchev–Trinajstić information content (AvgIpc) is 2.04. The van der Waals surface area contributed by atoms with Gasteiger partial charge in [0.05, 0.1) is 19.3 Å². The van der Waals surface area contributed by atoms with Crippen LogP contribution in [0.1, 0.15) is 17.2 Å². The third-order valence-corrected chi connectivity index (χ3v) is 2.07. The van der Waals surface area contributed by atoms with Crippen molar-refractivity contribution in [3.8, 4) is 0 Å². The van der Waals surface area contributed by atoms with Crippen molar-refractivity contribution in [2.45, 2.75) is 12.6 Å². The second kappa shape index (κ2) is 2.84. The first-order valence-corrected chi connectivity index (χ1v) is 3.89. The van der Waals surface area contributed by atoms with Gasteiger partial charge in [0.25, 0.3) is 0 Å². The Morgan fingerprint density at radius 3 is 3.08 bits per heavy atom. The second-order valence-corrected chi connectivity index (χ2v) is 2.93. The number of halogens is 1. The fourth-order valence-corrected chi connectivity index (χ4v) is 1.50. The van der Waals surface area contributed by atoms with Gasteiger partial charge in [-0.25, -0.2) is 4.39 Å². The van der Waals surface area contributed by atoms with Gasteiger partial charge in [-0.3, -0.25) is 0 Å². The predicted molar refractivity (Wildman–Crippen MR) is 43.0 cm³/mol. The molecule has 0 amide bonds. The number of rotatable bonds is 0. The minimum Gasteiger partial charge on any atom is -0.375 e. The van der Waals surface area contributed by atoms with Gasteiger partial charge in [0.15, 0.2) is 0 Å². The van der Waals surface area contributed by atoms with Gasteiger partial charge in [0.2, 0.25) is 0 Å². The van der Waals surface area contributed by atoms with E-state index in [1.807, 2.05) is 6.07 Å². The Morgan fingerprint density at radius 1 is 1.50 bits per heavy atom. The summed E-state index contributed by atoms with van der Waals surface area (Å²) in [6.45, 7) is 0.884. The Balaban J connectivity index is 2.53. The van der Waals surface area contributed by atoms with Gasteiger partial charge in [-0.15, -0.1) is 0 Å². The van der Waals surface area contributed by atoms with Crippen LogP contribution in [0.4, 0.5) is 4.39 Å². The van der Waals surface area contributed by atoms with Crippen LogP contribution in [0.2, 0.25) is 0 Å². The zero-order chi connectivity index (χ0) is 8.55.